The Hall–Kier alpha value is -2.89. The van der Waals surface area contributed by atoms with E-state index in [1.807, 2.05) is 0 Å². The second-order valence-corrected chi connectivity index (χ2v) is 17.8. The molecule has 0 aliphatic heterocycles. The first kappa shape index (κ1) is 60.1. The van der Waals surface area contributed by atoms with Gasteiger partial charge < -0.3 is 14.2 Å². The number of esters is 3. The summed E-state index contributed by atoms with van der Waals surface area (Å²) in [5.41, 5.74) is 0. The number of allylic oxidation sites excluding steroid dienone is 10. The van der Waals surface area contributed by atoms with Crippen molar-refractivity contribution in [1.82, 2.24) is 0 Å². The third-order valence-corrected chi connectivity index (χ3v) is 11.5. The summed E-state index contributed by atoms with van der Waals surface area (Å²) < 4.78 is 16.8. The van der Waals surface area contributed by atoms with Crippen molar-refractivity contribution in [2.75, 3.05) is 13.2 Å². The van der Waals surface area contributed by atoms with Crippen LogP contribution < -0.4 is 0 Å². The zero-order valence-electron chi connectivity index (χ0n) is 41.6. The number of carbonyl (C=O) groups is 3. The van der Waals surface area contributed by atoms with Gasteiger partial charge in [0.1, 0.15) is 13.2 Å². The second kappa shape index (κ2) is 51.7. The standard InChI is InChI=1S/C57H100O6/c1-4-7-10-13-16-19-22-24-26-28-29-30-32-33-35-38-41-44-47-50-56(59)62-53-54(52-61-55(58)49-46-43-40-37-21-18-15-12-9-6-3)63-57(60)51-48-45-42-39-36-34-31-27-25-23-20-17-14-11-8-5-2/h7,10,16,19,24,26,29-30,33,35,54H,4-6,8-9,11-15,17-18,20-23,25,27-28,31-32,34,36-53H2,1-3H3/b10-7-,19-16-,26-24-,30-29-,35-33-. The molecule has 0 radical (unpaired) electrons. The first-order chi connectivity index (χ1) is 31.0. The molecule has 0 aliphatic carbocycles. The summed E-state index contributed by atoms with van der Waals surface area (Å²) in [6.07, 6.45) is 63.5. The highest BCUT2D eigenvalue weighted by Gasteiger charge is 2.19. The molecule has 1 atom stereocenters. The van der Waals surface area contributed by atoms with Crippen molar-refractivity contribution in [1.29, 1.82) is 0 Å². The van der Waals surface area contributed by atoms with Gasteiger partial charge in [0, 0.05) is 19.3 Å². The molecular weight excluding hydrogens is 781 g/mol. The Bertz CT molecular complexity index is 1150. The summed E-state index contributed by atoms with van der Waals surface area (Å²) in [7, 11) is 0. The Morgan fingerprint density at radius 1 is 0.333 bits per heavy atom. The van der Waals surface area contributed by atoms with Crippen LogP contribution in [0.15, 0.2) is 60.8 Å². The van der Waals surface area contributed by atoms with E-state index in [4.69, 9.17) is 14.2 Å². The van der Waals surface area contributed by atoms with Crippen molar-refractivity contribution in [3.63, 3.8) is 0 Å². The lowest BCUT2D eigenvalue weighted by Gasteiger charge is -2.18. The van der Waals surface area contributed by atoms with Crippen molar-refractivity contribution in [2.24, 2.45) is 0 Å². The fourth-order valence-corrected chi connectivity index (χ4v) is 7.53. The van der Waals surface area contributed by atoms with Crippen LogP contribution in [-0.4, -0.2) is 37.2 Å². The first-order valence-electron chi connectivity index (χ1n) is 26.8. The lowest BCUT2D eigenvalue weighted by Crippen LogP contribution is -2.30. The molecule has 0 spiro atoms. The minimum absolute atomic E-state index is 0.0815. The Morgan fingerprint density at radius 2 is 0.619 bits per heavy atom. The molecule has 364 valence electrons. The molecule has 0 aromatic carbocycles. The molecule has 63 heavy (non-hydrogen) atoms. The van der Waals surface area contributed by atoms with Gasteiger partial charge in [0.2, 0.25) is 0 Å². The van der Waals surface area contributed by atoms with Gasteiger partial charge in [-0.15, -0.1) is 0 Å². The van der Waals surface area contributed by atoms with Gasteiger partial charge in [-0.25, -0.2) is 0 Å². The smallest absolute Gasteiger partial charge is 0.306 e. The number of hydrogen-bond acceptors (Lipinski definition) is 6. The molecule has 0 aromatic heterocycles. The van der Waals surface area contributed by atoms with Crippen molar-refractivity contribution < 1.29 is 28.6 Å². The fraction of sp³-hybridized carbons (Fsp3) is 0.772. The number of hydrogen-bond donors (Lipinski definition) is 0. The SMILES string of the molecule is CC/C=C\C/C=C\C/C=C\C/C=C\C/C=C\CCCCCC(=O)OCC(COC(=O)CCCCCCCCCCCC)OC(=O)CCCCCCCCCCCCCCCCCC. The first-order valence-corrected chi connectivity index (χ1v) is 26.8. The summed E-state index contributed by atoms with van der Waals surface area (Å²) >= 11 is 0. The number of unbranched alkanes of at least 4 members (excludes halogenated alkanes) is 27. The Labute approximate surface area is 390 Å². The predicted octanol–water partition coefficient (Wildman–Crippen LogP) is 17.6. The molecule has 0 aromatic rings. The molecule has 0 amide bonds. The highest BCUT2D eigenvalue weighted by Crippen LogP contribution is 2.16. The number of rotatable bonds is 48. The van der Waals surface area contributed by atoms with E-state index < -0.39 is 6.10 Å². The Kier molecular flexibility index (Phi) is 49.4. The molecule has 6 nitrogen and oxygen atoms in total. The van der Waals surface area contributed by atoms with Gasteiger partial charge in [-0.05, 0) is 64.2 Å². The largest absolute Gasteiger partial charge is 0.462 e. The van der Waals surface area contributed by atoms with Crippen molar-refractivity contribution >= 4 is 17.9 Å². The van der Waals surface area contributed by atoms with Gasteiger partial charge in [-0.3, -0.25) is 14.4 Å². The molecule has 1 unspecified atom stereocenters. The molecule has 0 N–H and O–H groups in total. The van der Waals surface area contributed by atoms with Crippen LogP contribution in [0.25, 0.3) is 0 Å². The minimum atomic E-state index is -0.783. The van der Waals surface area contributed by atoms with Crippen LogP contribution in [0.2, 0.25) is 0 Å². The summed E-state index contributed by atoms with van der Waals surface area (Å²) in [5, 5.41) is 0. The van der Waals surface area contributed by atoms with Crippen LogP contribution in [0.4, 0.5) is 0 Å². The molecule has 0 bridgehead atoms. The van der Waals surface area contributed by atoms with E-state index in [2.05, 4.69) is 81.5 Å². The molecule has 0 saturated carbocycles. The van der Waals surface area contributed by atoms with E-state index in [0.29, 0.717) is 19.3 Å². The number of ether oxygens (including phenoxy) is 3. The van der Waals surface area contributed by atoms with E-state index in [-0.39, 0.29) is 31.1 Å². The van der Waals surface area contributed by atoms with E-state index in [1.165, 1.54) is 128 Å². The van der Waals surface area contributed by atoms with Crippen molar-refractivity contribution in [2.45, 2.75) is 271 Å². The highest BCUT2D eigenvalue weighted by molar-refractivity contribution is 5.71. The zero-order valence-corrected chi connectivity index (χ0v) is 41.6. The van der Waals surface area contributed by atoms with Crippen molar-refractivity contribution in [3.8, 4) is 0 Å². The van der Waals surface area contributed by atoms with E-state index in [1.54, 1.807) is 0 Å². The van der Waals surface area contributed by atoms with Crippen LogP contribution in [-0.2, 0) is 28.6 Å². The van der Waals surface area contributed by atoms with Crippen LogP contribution in [0, 0.1) is 0 Å². The summed E-state index contributed by atoms with van der Waals surface area (Å²) in [6.45, 7) is 6.50. The van der Waals surface area contributed by atoms with Gasteiger partial charge in [-0.1, -0.05) is 242 Å². The molecule has 0 rings (SSSR count). The third-order valence-electron chi connectivity index (χ3n) is 11.5. The van der Waals surface area contributed by atoms with E-state index in [0.717, 1.165) is 96.3 Å². The van der Waals surface area contributed by atoms with Crippen LogP contribution in [0.3, 0.4) is 0 Å². The highest BCUT2D eigenvalue weighted by atomic mass is 16.6. The molecular formula is C57H100O6. The average Bonchev–Trinajstić information content (AvgIpc) is 3.28. The molecule has 0 heterocycles. The van der Waals surface area contributed by atoms with Crippen LogP contribution in [0.5, 0.6) is 0 Å². The lowest BCUT2D eigenvalue weighted by molar-refractivity contribution is -0.167. The lowest BCUT2D eigenvalue weighted by atomic mass is 10.0. The predicted molar refractivity (Wildman–Crippen MR) is 270 cm³/mol. The van der Waals surface area contributed by atoms with Gasteiger partial charge in [0.15, 0.2) is 6.10 Å². The van der Waals surface area contributed by atoms with E-state index >= 15 is 0 Å². The monoisotopic (exact) mass is 881 g/mol. The van der Waals surface area contributed by atoms with Gasteiger partial charge >= 0.3 is 17.9 Å². The molecule has 6 heteroatoms. The second-order valence-electron chi connectivity index (χ2n) is 17.8. The fourth-order valence-electron chi connectivity index (χ4n) is 7.53. The summed E-state index contributed by atoms with van der Waals surface area (Å²) in [4.78, 5) is 38.0. The van der Waals surface area contributed by atoms with Gasteiger partial charge in [-0.2, -0.15) is 0 Å². The summed E-state index contributed by atoms with van der Waals surface area (Å²) in [6, 6.07) is 0. The Balaban J connectivity index is 4.38. The minimum Gasteiger partial charge on any atom is -0.462 e. The topological polar surface area (TPSA) is 78.9 Å². The quantitative estimate of drug-likeness (QED) is 0.0262. The summed E-state index contributed by atoms with van der Waals surface area (Å²) in [5.74, 6) is -0.908. The maximum Gasteiger partial charge on any atom is 0.306 e. The Morgan fingerprint density at radius 3 is 0.968 bits per heavy atom. The normalized spacial score (nSPS) is 12.5. The van der Waals surface area contributed by atoms with Gasteiger partial charge in [0.05, 0.1) is 0 Å². The molecule has 0 fully saturated rings. The van der Waals surface area contributed by atoms with E-state index in [9.17, 15) is 14.4 Å². The van der Waals surface area contributed by atoms with Crippen LogP contribution in [0.1, 0.15) is 265 Å². The maximum absolute atomic E-state index is 12.8. The molecule has 0 saturated heterocycles. The zero-order chi connectivity index (χ0) is 45.8. The third kappa shape index (κ3) is 50.0. The van der Waals surface area contributed by atoms with Gasteiger partial charge in [0.25, 0.3) is 0 Å². The van der Waals surface area contributed by atoms with Crippen LogP contribution >= 0.6 is 0 Å². The molecule has 0 aliphatic rings. The average molecular weight is 881 g/mol. The van der Waals surface area contributed by atoms with Crippen molar-refractivity contribution in [3.05, 3.63) is 60.8 Å². The maximum atomic E-state index is 12.8. The number of carbonyl (C=O) groups excluding carboxylic acids is 3.